The molecule has 1 amide bonds. The van der Waals surface area contributed by atoms with E-state index in [1.54, 1.807) is 18.3 Å². The van der Waals surface area contributed by atoms with E-state index in [0.717, 1.165) is 6.42 Å². The van der Waals surface area contributed by atoms with Crippen LogP contribution in [-0.2, 0) is 4.79 Å². The molecule has 1 aromatic rings. The molecule has 22 heavy (non-hydrogen) atoms. The van der Waals surface area contributed by atoms with E-state index in [2.05, 4.69) is 10.3 Å². The van der Waals surface area contributed by atoms with E-state index in [4.69, 9.17) is 9.84 Å². The van der Waals surface area contributed by atoms with Crippen molar-refractivity contribution < 1.29 is 19.4 Å². The van der Waals surface area contributed by atoms with E-state index in [1.807, 2.05) is 13.8 Å². The summed E-state index contributed by atoms with van der Waals surface area (Å²) in [5.41, 5.74) is 0.479. The van der Waals surface area contributed by atoms with Crippen LogP contribution in [0.2, 0.25) is 0 Å². The van der Waals surface area contributed by atoms with Gasteiger partial charge in [0.1, 0.15) is 0 Å². The van der Waals surface area contributed by atoms with Crippen molar-refractivity contribution in [2.45, 2.75) is 51.7 Å². The van der Waals surface area contributed by atoms with Crippen molar-refractivity contribution in [3.8, 4) is 5.88 Å². The predicted molar refractivity (Wildman–Crippen MR) is 80.8 cm³/mol. The molecule has 6 nitrogen and oxygen atoms in total. The van der Waals surface area contributed by atoms with Gasteiger partial charge in [-0.1, -0.05) is 6.92 Å². The minimum atomic E-state index is -0.787. The lowest BCUT2D eigenvalue weighted by Crippen LogP contribution is -2.33. The Morgan fingerprint density at radius 3 is 2.91 bits per heavy atom. The second-order valence-corrected chi connectivity index (χ2v) is 5.74. The first-order valence-electron chi connectivity index (χ1n) is 7.66. The number of hydrogen-bond acceptors (Lipinski definition) is 4. The maximum absolute atomic E-state index is 12.2. The number of nitrogens with zero attached hydrogens (tertiary/aromatic N) is 1. The van der Waals surface area contributed by atoms with E-state index in [1.165, 1.54) is 0 Å². The van der Waals surface area contributed by atoms with Crippen molar-refractivity contribution >= 4 is 11.9 Å². The number of carboxylic acids is 1. The molecule has 1 aromatic heterocycles. The number of carbonyl (C=O) groups excluding carboxylic acids is 1. The van der Waals surface area contributed by atoms with Gasteiger partial charge in [0.2, 0.25) is 5.88 Å². The van der Waals surface area contributed by atoms with Crippen molar-refractivity contribution in [3.05, 3.63) is 23.9 Å². The zero-order valence-electron chi connectivity index (χ0n) is 12.9. The molecule has 1 heterocycles. The van der Waals surface area contributed by atoms with Crippen LogP contribution in [0.3, 0.4) is 0 Å². The van der Waals surface area contributed by atoms with Crippen LogP contribution in [0.25, 0.3) is 0 Å². The Hall–Kier alpha value is -2.11. The van der Waals surface area contributed by atoms with E-state index >= 15 is 0 Å². The summed E-state index contributed by atoms with van der Waals surface area (Å²) in [4.78, 5) is 27.3. The average molecular weight is 306 g/mol. The summed E-state index contributed by atoms with van der Waals surface area (Å²) in [6.07, 6.45) is 4.24. The van der Waals surface area contributed by atoms with Gasteiger partial charge in [0, 0.05) is 23.9 Å². The summed E-state index contributed by atoms with van der Waals surface area (Å²) in [7, 11) is 0. The molecule has 1 aliphatic carbocycles. The fraction of sp³-hybridized carbons (Fsp3) is 0.562. The van der Waals surface area contributed by atoms with Gasteiger partial charge in [0.15, 0.2) is 0 Å². The van der Waals surface area contributed by atoms with Gasteiger partial charge >= 0.3 is 5.97 Å². The Bertz CT molecular complexity index is 547. The molecule has 2 rings (SSSR count). The van der Waals surface area contributed by atoms with Crippen molar-refractivity contribution in [3.63, 3.8) is 0 Å². The molecule has 3 atom stereocenters. The lowest BCUT2D eigenvalue weighted by molar-refractivity contribution is -0.141. The highest BCUT2D eigenvalue weighted by molar-refractivity contribution is 5.94. The van der Waals surface area contributed by atoms with Gasteiger partial charge in [-0.05, 0) is 38.7 Å². The number of carboxylic acid groups (broad SMARTS) is 1. The van der Waals surface area contributed by atoms with Crippen LogP contribution in [0.4, 0.5) is 0 Å². The van der Waals surface area contributed by atoms with Gasteiger partial charge in [-0.3, -0.25) is 9.59 Å². The molecular formula is C16H22N2O4. The molecule has 1 aliphatic rings. The standard InChI is InChI=1S/C16H22N2O4/c1-3-10(2)22-14-9-11(6-7-17-14)15(19)18-13-5-4-12(8-13)16(20)21/h6-7,9-10,12-13H,3-5,8H2,1-2H3,(H,18,19)(H,20,21)/t10?,12-,13+/m0/s1. The Balaban J connectivity index is 1.95. The highest BCUT2D eigenvalue weighted by atomic mass is 16.5. The Morgan fingerprint density at radius 2 is 2.27 bits per heavy atom. The number of nitrogens with one attached hydrogen (secondary N) is 1. The molecule has 1 fully saturated rings. The zero-order valence-corrected chi connectivity index (χ0v) is 12.9. The van der Waals surface area contributed by atoms with E-state index in [9.17, 15) is 9.59 Å². The van der Waals surface area contributed by atoms with Gasteiger partial charge in [0.25, 0.3) is 5.91 Å². The van der Waals surface area contributed by atoms with E-state index in [0.29, 0.717) is 30.7 Å². The van der Waals surface area contributed by atoms with Crippen LogP contribution in [0.15, 0.2) is 18.3 Å². The van der Waals surface area contributed by atoms with Gasteiger partial charge < -0.3 is 15.2 Å². The van der Waals surface area contributed by atoms with Crippen molar-refractivity contribution in [1.82, 2.24) is 10.3 Å². The Labute approximate surface area is 129 Å². The molecule has 120 valence electrons. The van der Waals surface area contributed by atoms with E-state index < -0.39 is 5.97 Å². The summed E-state index contributed by atoms with van der Waals surface area (Å²) in [5.74, 6) is -0.929. The number of pyridine rings is 1. The first kappa shape index (κ1) is 16.3. The highest BCUT2D eigenvalue weighted by Crippen LogP contribution is 2.26. The predicted octanol–water partition coefficient (Wildman–Crippen LogP) is 2.24. The number of ether oxygens (including phenoxy) is 1. The molecule has 0 saturated heterocycles. The van der Waals surface area contributed by atoms with Crippen LogP contribution in [0.5, 0.6) is 5.88 Å². The largest absolute Gasteiger partial charge is 0.481 e. The summed E-state index contributed by atoms with van der Waals surface area (Å²) >= 11 is 0. The van der Waals surface area contributed by atoms with Crippen molar-refractivity contribution in [2.75, 3.05) is 0 Å². The Kier molecular flexibility index (Phi) is 5.35. The molecule has 6 heteroatoms. The molecule has 0 spiro atoms. The summed E-state index contributed by atoms with van der Waals surface area (Å²) in [5, 5.41) is 11.9. The maximum Gasteiger partial charge on any atom is 0.306 e. The molecule has 2 N–H and O–H groups in total. The summed E-state index contributed by atoms with van der Waals surface area (Å²) in [6, 6.07) is 3.16. The van der Waals surface area contributed by atoms with Crippen molar-refractivity contribution in [1.29, 1.82) is 0 Å². The number of rotatable bonds is 6. The number of aromatic nitrogens is 1. The first-order valence-corrected chi connectivity index (χ1v) is 7.66. The monoisotopic (exact) mass is 306 g/mol. The van der Waals surface area contributed by atoms with Crippen LogP contribution < -0.4 is 10.1 Å². The maximum atomic E-state index is 12.2. The third-order valence-corrected chi connectivity index (χ3v) is 4.01. The normalized spacial score (nSPS) is 22.1. The molecular weight excluding hydrogens is 284 g/mol. The fourth-order valence-electron chi connectivity index (χ4n) is 2.51. The summed E-state index contributed by atoms with van der Waals surface area (Å²) in [6.45, 7) is 3.96. The quantitative estimate of drug-likeness (QED) is 0.841. The third-order valence-electron chi connectivity index (χ3n) is 4.01. The number of amides is 1. The molecule has 0 aliphatic heterocycles. The van der Waals surface area contributed by atoms with Crippen LogP contribution >= 0.6 is 0 Å². The minimum absolute atomic E-state index is 0.0389. The second-order valence-electron chi connectivity index (χ2n) is 5.74. The second kappa shape index (κ2) is 7.24. The van der Waals surface area contributed by atoms with Gasteiger partial charge in [-0.15, -0.1) is 0 Å². The van der Waals surface area contributed by atoms with Crippen LogP contribution in [-0.4, -0.2) is 34.1 Å². The van der Waals surface area contributed by atoms with Crippen molar-refractivity contribution in [2.24, 2.45) is 5.92 Å². The minimum Gasteiger partial charge on any atom is -0.481 e. The highest BCUT2D eigenvalue weighted by Gasteiger charge is 2.30. The van der Waals surface area contributed by atoms with Gasteiger partial charge in [0.05, 0.1) is 12.0 Å². The van der Waals surface area contributed by atoms with Gasteiger partial charge in [-0.2, -0.15) is 0 Å². The van der Waals surface area contributed by atoms with E-state index in [-0.39, 0.29) is 24.0 Å². The van der Waals surface area contributed by atoms with Crippen LogP contribution in [0.1, 0.15) is 49.9 Å². The Morgan fingerprint density at radius 1 is 1.50 bits per heavy atom. The topological polar surface area (TPSA) is 88.5 Å². The third kappa shape index (κ3) is 4.19. The van der Waals surface area contributed by atoms with Crippen LogP contribution in [0, 0.1) is 5.92 Å². The lowest BCUT2D eigenvalue weighted by Gasteiger charge is -2.14. The first-order chi connectivity index (χ1) is 10.5. The lowest BCUT2D eigenvalue weighted by atomic mass is 10.1. The number of hydrogen-bond donors (Lipinski definition) is 2. The number of aliphatic carboxylic acids is 1. The molecule has 0 aromatic carbocycles. The molecule has 1 saturated carbocycles. The molecule has 1 unspecified atom stereocenters. The smallest absolute Gasteiger partial charge is 0.306 e. The average Bonchev–Trinajstić information content (AvgIpc) is 2.96. The number of carbonyl (C=O) groups is 2. The summed E-state index contributed by atoms with van der Waals surface area (Å²) < 4.78 is 5.60. The SMILES string of the molecule is CCC(C)Oc1cc(C(=O)N[C@@H]2CC[C@H](C(=O)O)C2)ccn1. The fourth-order valence-corrected chi connectivity index (χ4v) is 2.51. The zero-order chi connectivity index (χ0) is 16.1. The molecule has 0 bridgehead atoms. The van der Waals surface area contributed by atoms with Gasteiger partial charge in [-0.25, -0.2) is 4.98 Å². The molecule has 0 radical (unpaired) electrons.